The van der Waals surface area contributed by atoms with Crippen molar-refractivity contribution in [1.82, 2.24) is 20.1 Å². The third kappa shape index (κ3) is 7.38. The fourth-order valence-electron chi connectivity index (χ4n) is 4.94. The van der Waals surface area contributed by atoms with E-state index in [0.717, 1.165) is 55.6 Å². The SMILES string of the molecule is COCc1nn(-c2ccc(C(F)(F)F)cn2)cc1C(Nc1ccc(C(=O)NCCC(=O)O)cc1)C1CCCCC1. The van der Waals surface area contributed by atoms with Gasteiger partial charge in [0.1, 0.15) is 0 Å². The number of carboxylic acids is 1. The second kappa shape index (κ2) is 12.9. The van der Waals surface area contributed by atoms with E-state index in [9.17, 15) is 22.8 Å². The van der Waals surface area contributed by atoms with E-state index in [4.69, 9.17) is 9.84 Å². The number of amides is 1. The summed E-state index contributed by atoms with van der Waals surface area (Å²) in [5.41, 5.74) is 1.88. The minimum Gasteiger partial charge on any atom is -0.481 e. The molecular formula is C28H32F3N5O4. The first-order chi connectivity index (χ1) is 19.2. The van der Waals surface area contributed by atoms with Gasteiger partial charge >= 0.3 is 12.1 Å². The number of anilines is 1. The minimum absolute atomic E-state index is 0.0397. The molecule has 9 nitrogen and oxygen atoms in total. The van der Waals surface area contributed by atoms with Crippen LogP contribution in [-0.4, -0.2) is 45.4 Å². The van der Waals surface area contributed by atoms with E-state index < -0.39 is 17.7 Å². The Kier molecular flexibility index (Phi) is 9.41. The number of methoxy groups -OCH3 is 1. The lowest BCUT2D eigenvalue weighted by atomic mass is 9.81. The third-order valence-corrected chi connectivity index (χ3v) is 6.96. The van der Waals surface area contributed by atoms with Crippen LogP contribution in [0.25, 0.3) is 5.82 Å². The minimum atomic E-state index is -4.48. The molecule has 1 fully saturated rings. The van der Waals surface area contributed by atoms with Crippen molar-refractivity contribution in [2.45, 2.75) is 57.3 Å². The topological polar surface area (TPSA) is 118 Å². The van der Waals surface area contributed by atoms with Crippen molar-refractivity contribution in [3.63, 3.8) is 0 Å². The van der Waals surface area contributed by atoms with Crippen molar-refractivity contribution in [3.05, 3.63) is 71.2 Å². The number of carbonyl (C=O) groups is 2. The molecule has 2 aromatic heterocycles. The Balaban J connectivity index is 1.60. The lowest BCUT2D eigenvalue weighted by Crippen LogP contribution is -2.26. The molecule has 1 aromatic carbocycles. The van der Waals surface area contributed by atoms with Gasteiger partial charge in [-0.3, -0.25) is 9.59 Å². The number of pyridine rings is 1. The molecule has 0 bridgehead atoms. The van der Waals surface area contributed by atoms with Crippen molar-refractivity contribution in [2.24, 2.45) is 5.92 Å². The molecule has 1 aliphatic rings. The number of rotatable bonds is 11. The quantitative estimate of drug-likeness (QED) is 0.289. The summed E-state index contributed by atoms with van der Waals surface area (Å²) >= 11 is 0. The smallest absolute Gasteiger partial charge is 0.417 e. The number of nitrogens with zero attached hydrogens (tertiary/aromatic N) is 3. The zero-order chi connectivity index (χ0) is 28.7. The Bertz CT molecular complexity index is 1290. The second-order valence-corrected chi connectivity index (χ2v) is 9.81. The molecule has 0 saturated heterocycles. The van der Waals surface area contributed by atoms with Crippen LogP contribution in [0.1, 0.15) is 71.7 Å². The Morgan fingerprint density at radius 1 is 1.12 bits per heavy atom. The predicted molar refractivity (Wildman–Crippen MR) is 141 cm³/mol. The van der Waals surface area contributed by atoms with E-state index >= 15 is 0 Å². The number of carboxylic acid groups (broad SMARTS) is 1. The summed E-state index contributed by atoms with van der Waals surface area (Å²) < 4.78 is 46.0. The van der Waals surface area contributed by atoms with Crippen molar-refractivity contribution in [1.29, 1.82) is 0 Å². The monoisotopic (exact) mass is 559 g/mol. The number of aromatic nitrogens is 3. The van der Waals surface area contributed by atoms with E-state index in [1.807, 2.05) is 0 Å². The molecule has 3 aromatic rings. The summed E-state index contributed by atoms with van der Waals surface area (Å²) in [6.07, 6.45) is 3.29. The fourth-order valence-corrected chi connectivity index (χ4v) is 4.94. The van der Waals surface area contributed by atoms with Crippen LogP contribution in [0, 0.1) is 5.92 Å². The Hall–Kier alpha value is -3.93. The van der Waals surface area contributed by atoms with Crippen molar-refractivity contribution in [3.8, 4) is 5.82 Å². The highest BCUT2D eigenvalue weighted by atomic mass is 19.4. The van der Waals surface area contributed by atoms with Crippen molar-refractivity contribution in [2.75, 3.05) is 19.0 Å². The van der Waals surface area contributed by atoms with Crippen LogP contribution in [0.2, 0.25) is 0 Å². The number of hydrogen-bond donors (Lipinski definition) is 3. The number of benzene rings is 1. The van der Waals surface area contributed by atoms with Gasteiger partial charge < -0.3 is 20.5 Å². The molecule has 4 rings (SSSR count). The third-order valence-electron chi connectivity index (χ3n) is 6.96. The maximum atomic E-state index is 13.0. The summed E-state index contributed by atoms with van der Waals surface area (Å²) in [7, 11) is 1.56. The average Bonchev–Trinajstić information content (AvgIpc) is 3.35. The molecular weight excluding hydrogens is 527 g/mol. The number of ether oxygens (including phenoxy) is 1. The first kappa shape index (κ1) is 29.1. The maximum absolute atomic E-state index is 13.0. The molecule has 0 spiro atoms. The van der Waals surface area contributed by atoms with Gasteiger partial charge in [-0.05, 0) is 55.2 Å². The van der Waals surface area contributed by atoms with Crippen molar-refractivity contribution >= 4 is 17.6 Å². The van der Waals surface area contributed by atoms with Gasteiger partial charge in [0, 0.05) is 42.9 Å². The molecule has 40 heavy (non-hydrogen) atoms. The first-order valence-electron chi connectivity index (χ1n) is 13.1. The van der Waals surface area contributed by atoms with Gasteiger partial charge in [-0.25, -0.2) is 9.67 Å². The van der Waals surface area contributed by atoms with E-state index in [-0.39, 0.29) is 43.3 Å². The number of alkyl halides is 3. The highest BCUT2D eigenvalue weighted by Gasteiger charge is 2.32. The average molecular weight is 560 g/mol. The number of aliphatic carboxylic acids is 1. The zero-order valence-corrected chi connectivity index (χ0v) is 22.1. The number of carbonyl (C=O) groups excluding carboxylic acids is 1. The van der Waals surface area contributed by atoms with Gasteiger partial charge in [-0.2, -0.15) is 18.3 Å². The fraction of sp³-hybridized carbons (Fsp3) is 0.429. The van der Waals surface area contributed by atoms with E-state index in [2.05, 4.69) is 20.7 Å². The molecule has 1 aliphatic carbocycles. The number of nitrogens with one attached hydrogen (secondary N) is 2. The summed E-state index contributed by atoms with van der Waals surface area (Å²) in [6.45, 7) is 0.251. The molecule has 1 atom stereocenters. The lowest BCUT2D eigenvalue weighted by molar-refractivity contribution is -0.138. The largest absolute Gasteiger partial charge is 0.481 e. The molecule has 1 saturated carbocycles. The van der Waals surface area contributed by atoms with Gasteiger partial charge in [0.15, 0.2) is 5.82 Å². The number of halogens is 3. The van der Waals surface area contributed by atoms with Crippen LogP contribution < -0.4 is 10.6 Å². The molecule has 0 aliphatic heterocycles. The maximum Gasteiger partial charge on any atom is 0.417 e. The zero-order valence-electron chi connectivity index (χ0n) is 22.1. The summed E-state index contributed by atoms with van der Waals surface area (Å²) in [5.74, 6) is -0.804. The Labute approximate surface area is 229 Å². The summed E-state index contributed by atoms with van der Waals surface area (Å²) in [6, 6.07) is 9.03. The summed E-state index contributed by atoms with van der Waals surface area (Å²) in [4.78, 5) is 27.0. The standard InChI is InChI=1S/C28H32F3N5O4/c1-40-17-23-22(16-36(35-23)24-12-9-20(15-33-24)28(29,30)31)26(18-5-3-2-4-6-18)34-21-10-7-19(8-11-21)27(39)32-14-13-25(37)38/h7-12,15-16,18,26,34H,2-6,13-14,17H2,1H3,(H,32,39)(H,37,38). The highest BCUT2D eigenvalue weighted by molar-refractivity contribution is 5.94. The van der Waals surface area contributed by atoms with Gasteiger partial charge in [0.25, 0.3) is 5.91 Å². The van der Waals surface area contributed by atoms with Gasteiger partial charge in [0.2, 0.25) is 0 Å². The summed E-state index contributed by atoms with van der Waals surface area (Å²) in [5, 5.41) is 19.6. The Morgan fingerprint density at radius 2 is 1.85 bits per heavy atom. The van der Waals surface area contributed by atoms with Crippen LogP contribution in [0.4, 0.5) is 18.9 Å². The van der Waals surface area contributed by atoms with Crippen LogP contribution in [0.5, 0.6) is 0 Å². The Morgan fingerprint density at radius 3 is 2.45 bits per heavy atom. The molecule has 0 radical (unpaired) electrons. The van der Waals surface area contributed by atoms with Crippen LogP contribution in [-0.2, 0) is 22.3 Å². The lowest BCUT2D eigenvalue weighted by Gasteiger charge is -2.32. The molecule has 12 heteroatoms. The normalized spacial score (nSPS) is 15.0. The highest BCUT2D eigenvalue weighted by Crippen LogP contribution is 2.38. The first-order valence-corrected chi connectivity index (χ1v) is 13.1. The van der Waals surface area contributed by atoms with Crippen LogP contribution in [0.3, 0.4) is 0 Å². The molecule has 3 N–H and O–H groups in total. The molecule has 1 amide bonds. The van der Waals surface area contributed by atoms with Gasteiger partial charge in [-0.15, -0.1) is 0 Å². The second-order valence-electron chi connectivity index (χ2n) is 9.81. The number of hydrogen-bond acceptors (Lipinski definition) is 6. The molecule has 2 heterocycles. The molecule has 1 unspecified atom stereocenters. The van der Waals surface area contributed by atoms with E-state index in [1.54, 1.807) is 37.6 Å². The predicted octanol–water partition coefficient (Wildman–Crippen LogP) is 5.37. The van der Waals surface area contributed by atoms with Gasteiger partial charge in [-0.1, -0.05) is 19.3 Å². The molecule has 214 valence electrons. The van der Waals surface area contributed by atoms with Crippen LogP contribution in [0.15, 0.2) is 48.8 Å². The van der Waals surface area contributed by atoms with Gasteiger partial charge in [0.05, 0.1) is 30.3 Å². The van der Waals surface area contributed by atoms with Crippen molar-refractivity contribution < 1.29 is 32.6 Å². The van der Waals surface area contributed by atoms with E-state index in [1.165, 1.54) is 10.7 Å². The van der Waals surface area contributed by atoms with Crippen LogP contribution >= 0.6 is 0 Å². The van der Waals surface area contributed by atoms with E-state index in [0.29, 0.717) is 11.3 Å².